The minimum Gasteiger partial charge on any atom is -0.373 e. The first-order chi connectivity index (χ1) is 8.31. The molecule has 0 atom stereocenters. The van der Waals surface area contributed by atoms with E-state index in [2.05, 4.69) is 27.2 Å². The fourth-order valence-electron chi connectivity index (χ4n) is 2.51. The molecule has 17 heavy (non-hydrogen) atoms. The largest absolute Gasteiger partial charge is 0.373 e. The van der Waals surface area contributed by atoms with Crippen LogP contribution in [0.2, 0.25) is 0 Å². The fraction of sp³-hybridized carbons (Fsp3) is 0.692. The summed E-state index contributed by atoms with van der Waals surface area (Å²) in [4.78, 5) is 10.8. The Kier molecular flexibility index (Phi) is 4.18. The quantitative estimate of drug-likeness (QED) is 0.816. The van der Waals surface area contributed by atoms with Crippen LogP contribution >= 0.6 is 0 Å². The zero-order valence-electron chi connectivity index (χ0n) is 10.8. The summed E-state index contributed by atoms with van der Waals surface area (Å²) in [5, 5.41) is 3.06. The van der Waals surface area contributed by atoms with E-state index < -0.39 is 0 Å². The van der Waals surface area contributed by atoms with Crippen molar-refractivity contribution in [3.05, 3.63) is 12.4 Å². The van der Waals surface area contributed by atoms with Gasteiger partial charge < -0.3 is 10.2 Å². The van der Waals surface area contributed by atoms with Gasteiger partial charge in [0.15, 0.2) is 0 Å². The van der Waals surface area contributed by atoms with Crippen molar-refractivity contribution in [2.24, 2.45) is 0 Å². The van der Waals surface area contributed by atoms with E-state index in [1.807, 2.05) is 13.1 Å². The molecule has 4 heteroatoms. The molecule has 0 saturated heterocycles. The second-order valence-corrected chi connectivity index (χ2v) is 4.77. The number of hydrogen-bond donors (Lipinski definition) is 1. The zero-order valence-corrected chi connectivity index (χ0v) is 10.8. The molecule has 2 rings (SSSR count). The highest BCUT2D eigenvalue weighted by Crippen LogP contribution is 2.24. The normalized spacial score (nSPS) is 17.5. The van der Waals surface area contributed by atoms with Crippen molar-refractivity contribution in [3.8, 4) is 0 Å². The van der Waals surface area contributed by atoms with Crippen LogP contribution in [0.15, 0.2) is 12.4 Å². The highest BCUT2D eigenvalue weighted by molar-refractivity contribution is 5.48. The first-order valence-electron chi connectivity index (χ1n) is 6.54. The number of aromatic nitrogens is 2. The van der Waals surface area contributed by atoms with Gasteiger partial charge in [-0.15, -0.1) is 0 Å². The lowest BCUT2D eigenvalue weighted by molar-refractivity contribution is 0.549. The highest BCUT2D eigenvalue weighted by atomic mass is 15.2. The molecule has 0 aliphatic heterocycles. The van der Waals surface area contributed by atoms with Crippen LogP contribution < -0.4 is 10.2 Å². The lowest BCUT2D eigenvalue weighted by atomic mass is 10.1. The average molecular weight is 234 g/mol. The Bertz CT molecular complexity index is 345. The van der Waals surface area contributed by atoms with E-state index in [-0.39, 0.29) is 0 Å². The first-order valence-corrected chi connectivity index (χ1v) is 6.54. The van der Waals surface area contributed by atoms with Crippen molar-refractivity contribution in [2.45, 2.75) is 44.6 Å². The van der Waals surface area contributed by atoms with Gasteiger partial charge in [-0.3, -0.25) is 0 Å². The van der Waals surface area contributed by atoms with Crippen molar-refractivity contribution >= 4 is 11.6 Å². The van der Waals surface area contributed by atoms with Crippen LogP contribution in [0.4, 0.5) is 11.6 Å². The van der Waals surface area contributed by atoms with Gasteiger partial charge in [0.25, 0.3) is 0 Å². The molecule has 0 bridgehead atoms. The summed E-state index contributed by atoms with van der Waals surface area (Å²) in [5.41, 5.74) is 0. The predicted octanol–water partition coefficient (Wildman–Crippen LogP) is 2.68. The summed E-state index contributed by atoms with van der Waals surface area (Å²) in [6.07, 6.45) is 9.67. The highest BCUT2D eigenvalue weighted by Gasteiger charge is 2.18. The molecule has 1 saturated carbocycles. The van der Waals surface area contributed by atoms with Crippen molar-refractivity contribution < 1.29 is 0 Å². The van der Waals surface area contributed by atoms with E-state index in [9.17, 15) is 0 Å². The number of nitrogens with zero attached hydrogens (tertiary/aromatic N) is 3. The maximum atomic E-state index is 4.37. The SMILES string of the molecule is CNc1cc(N(C)C2CCCCCC2)ncn1. The second-order valence-electron chi connectivity index (χ2n) is 4.77. The molecule has 0 amide bonds. The maximum Gasteiger partial charge on any atom is 0.134 e. The molecule has 1 aromatic rings. The molecule has 1 aliphatic rings. The van der Waals surface area contributed by atoms with E-state index in [0.717, 1.165) is 11.6 Å². The molecule has 4 nitrogen and oxygen atoms in total. The van der Waals surface area contributed by atoms with Gasteiger partial charge in [-0.1, -0.05) is 25.7 Å². The van der Waals surface area contributed by atoms with Gasteiger partial charge in [0, 0.05) is 26.2 Å². The van der Waals surface area contributed by atoms with E-state index in [4.69, 9.17) is 0 Å². The number of nitrogens with one attached hydrogen (secondary N) is 1. The topological polar surface area (TPSA) is 41.0 Å². The van der Waals surface area contributed by atoms with E-state index in [1.165, 1.54) is 38.5 Å². The van der Waals surface area contributed by atoms with Crippen LogP contribution in [0, 0.1) is 0 Å². The van der Waals surface area contributed by atoms with Gasteiger partial charge in [-0.25, -0.2) is 9.97 Å². The van der Waals surface area contributed by atoms with Gasteiger partial charge in [0.2, 0.25) is 0 Å². The lowest BCUT2D eigenvalue weighted by Crippen LogP contribution is -2.31. The van der Waals surface area contributed by atoms with Crippen LogP contribution in [0.3, 0.4) is 0 Å². The summed E-state index contributed by atoms with van der Waals surface area (Å²) in [6, 6.07) is 2.65. The molecule has 94 valence electrons. The molecule has 0 aromatic carbocycles. The first kappa shape index (κ1) is 12.1. The fourth-order valence-corrected chi connectivity index (χ4v) is 2.51. The third kappa shape index (κ3) is 3.08. The Balaban J connectivity index is 2.08. The maximum absolute atomic E-state index is 4.37. The number of hydrogen-bond acceptors (Lipinski definition) is 4. The molecular weight excluding hydrogens is 212 g/mol. The van der Waals surface area contributed by atoms with Crippen LogP contribution in [0.5, 0.6) is 0 Å². The Hall–Kier alpha value is -1.32. The Labute approximate surface area is 103 Å². The smallest absolute Gasteiger partial charge is 0.134 e. The minimum absolute atomic E-state index is 0.636. The molecule has 0 spiro atoms. The summed E-state index contributed by atoms with van der Waals surface area (Å²) < 4.78 is 0. The Morgan fingerprint density at radius 3 is 2.53 bits per heavy atom. The number of rotatable bonds is 3. The van der Waals surface area contributed by atoms with Crippen molar-refractivity contribution in [3.63, 3.8) is 0 Å². The molecule has 1 N–H and O–H groups in total. The van der Waals surface area contributed by atoms with Gasteiger partial charge in [0.1, 0.15) is 18.0 Å². The van der Waals surface area contributed by atoms with Crippen LogP contribution in [-0.2, 0) is 0 Å². The van der Waals surface area contributed by atoms with Gasteiger partial charge >= 0.3 is 0 Å². The van der Waals surface area contributed by atoms with Gasteiger partial charge in [-0.05, 0) is 12.8 Å². The molecule has 0 unspecified atom stereocenters. The van der Waals surface area contributed by atoms with E-state index >= 15 is 0 Å². The standard InChI is InChI=1S/C13H22N4/c1-14-12-9-13(16-10-15-12)17(2)11-7-5-3-4-6-8-11/h9-11H,3-8H2,1-2H3,(H,14,15,16). The third-order valence-electron chi connectivity index (χ3n) is 3.64. The molecule has 1 aromatic heterocycles. The zero-order chi connectivity index (χ0) is 12.1. The van der Waals surface area contributed by atoms with Crippen molar-refractivity contribution in [1.82, 2.24) is 9.97 Å². The molecule has 1 aliphatic carbocycles. The minimum atomic E-state index is 0.636. The summed E-state index contributed by atoms with van der Waals surface area (Å²) >= 11 is 0. The van der Waals surface area contributed by atoms with Gasteiger partial charge in [-0.2, -0.15) is 0 Å². The summed E-state index contributed by atoms with van der Waals surface area (Å²) in [7, 11) is 4.04. The third-order valence-corrected chi connectivity index (χ3v) is 3.64. The molecular formula is C13H22N4. The predicted molar refractivity (Wildman–Crippen MR) is 71.5 cm³/mol. The van der Waals surface area contributed by atoms with Crippen LogP contribution in [0.25, 0.3) is 0 Å². The van der Waals surface area contributed by atoms with Gasteiger partial charge in [0.05, 0.1) is 0 Å². The lowest BCUT2D eigenvalue weighted by Gasteiger charge is -2.28. The monoisotopic (exact) mass is 234 g/mol. The molecule has 1 heterocycles. The average Bonchev–Trinajstić information content (AvgIpc) is 2.67. The van der Waals surface area contributed by atoms with Crippen molar-refractivity contribution in [1.29, 1.82) is 0 Å². The Morgan fingerprint density at radius 2 is 1.88 bits per heavy atom. The molecule has 0 radical (unpaired) electrons. The summed E-state index contributed by atoms with van der Waals surface area (Å²) in [6.45, 7) is 0. The van der Waals surface area contributed by atoms with E-state index in [0.29, 0.717) is 6.04 Å². The van der Waals surface area contributed by atoms with Crippen molar-refractivity contribution in [2.75, 3.05) is 24.3 Å². The number of anilines is 2. The van der Waals surface area contributed by atoms with E-state index in [1.54, 1.807) is 6.33 Å². The Morgan fingerprint density at radius 1 is 1.18 bits per heavy atom. The van der Waals surface area contributed by atoms with Crippen LogP contribution in [0.1, 0.15) is 38.5 Å². The summed E-state index contributed by atoms with van der Waals surface area (Å²) in [5.74, 6) is 1.91. The second kappa shape index (κ2) is 5.84. The van der Waals surface area contributed by atoms with Crippen LogP contribution in [-0.4, -0.2) is 30.1 Å². The molecule has 1 fully saturated rings.